The van der Waals surface area contributed by atoms with Crippen LogP contribution in [0.25, 0.3) is 0 Å². The molecule has 0 saturated carbocycles. The van der Waals surface area contributed by atoms with Crippen LogP contribution in [-0.2, 0) is 0 Å². The molecule has 0 amide bonds. The van der Waals surface area contributed by atoms with Crippen molar-refractivity contribution in [1.82, 2.24) is 15.1 Å². The van der Waals surface area contributed by atoms with Gasteiger partial charge in [0.25, 0.3) is 0 Å². The van der Waals surface area contributed by atoms with Crippen LogP contribution < -0.4 is 5.32 Å². The monoisotopic (exact) mass is 252 g/mol. The molecule has 2 rings (SSSR count). The summed E-state index contributed by atoms with van der Waals surface area (Å²) in [5.74, 6) is 1.15. The molecule has 0 spiro atoms. The van der Waals surface area contributed by atoms with Gasteiger partial charge in [-0.05, 0) is 25.9 Å². The molecule has 1 fully saturated rings. The normalized spacial score (nSPS) is 23.6. The first-order valence-corrected chi connectivity index (χ1v) is 7.29. The number of likely N-dealkylation sites (tertiary alicyclic amines) is 1. The molecule has 0 radical (unpaired) electrons. The van der Waals surface area contributed by atoms with E-state index in [0.29, 0.717) is 0 Å². The summed E-state index contributed by atoms with van der Waals surface area (Å²) in [7, 11) is 0. The fourth-order valence-electron chi connectivity index (χ4n) is 2.58. The molecule has 0 aromatic carbocycles. The minimum atomic E-state index is 0.152. The van der Waals surface area contributed by atoms with Crippen LogP contribution in [0.4, 0.5) is 0 Å². The van der Waals surface area contributed by atoms with Crippen LogP contribution in [0.2, 0.25) is 0 Å². The van der Waals surface area contributed by atoms with E-state index in [1.165, 1.54) is 38.9 Å². The summed E-state index contributed by atoms with van der Waals surface area (Å²) >= 11 is 0. The minimum absolute atomic E-state index is 0.152. The molecule has 0 unspecified atom stereocenters. The molecular formula is C14H28N4. The van der Waals surface area contributed by atoms with Crippen molar-refractivity contribution in [2.75, 3.05) is 39.5 Å². The first-order chi connectivity index (χ1) is 8.55. The van der Waals surface area contributed by atoms with Gasteiger partial charge in [0, 0.05) is 18.5 Å². The molecule has 1 saturated heterocycles. The smallest absolute Gasteiger partial charge is 0.104 e. The predicted octanol–water partition coefficient (Wildman–Crippen LogP) is 1.74. The van der Waals surface area contributed by atoms with Crippen molar-refractivity contribution in [1.29, 1.82) is 0 Å². The molecule has 4 nitrogen and oxygen atoms in total. The summed E-state index contributed by atoms with van der Waals surface area (Å²) in [6, 6.07) is 0. The summed E-state index contributed by atoms with van der Waals surface area (Å²) in [5.41, 5.74) is 0.152. The topological polar surface area (TPSA) is 30.9 Å². The minimum Gasteiger partial charge on any atom is -0.361 e. The fourth-order valence-corrected chi connectivity index (χ4v) is 2.58. The summed E-state index contributed by atoms with van der Waals surface area (Å²) in [6.07, 6.45) is 4.18. The molecule has 2 aliphatic rings. The Morgan fingerprint density at radius 3 is 2.28 bits per heavy atom. The van der Waals surface area contributed by atoms with Crippen LogP contribution in [0.5, 0.6) is 0 Å². The Morgan fingerprint density at radius 2 is 1.72 bits per heavy atom. The van der Waals surface area contributed by atoms with Gasteiger partial charge in [-0.1, -0.05) is 27.2 Å². The number of nitrogens with zero attached hydrogens (tertiary/aromatic N) is 3. The van der Waals surface area contributed by atoms with Gasteiger partial charge in [-0.25, -0.2) is 0 Å². The third kappa shape index (κ3) is 3.95. The zero-order valence-corrected chi connectivity index (χ0v) is 12.2. The Hall–Kier alpha value is -0.610. The van der Waals surface area contributed by atoms with Gasteiger partial charge in [-0.15, -0.1) is 0 Å². The van der Waals surface area contributed by atoms with Crippen molar-refractivity contribution < 1.29 is 0 Å². The highest BCUT2D eigenvalue weighted by Crippen LogP contribution is 2.16. The maximum atomic E-state index is 4.66. The lowest BCUT2D eigenvalue weighted by Crippen LogP contribution is -2.49. The molecule has 0 aromatic heterocycles. The van der Waals surface area contributed by atoms with Gasteiger partial charge in [0.1, 0.15) is 5.84 Å². The Kier molecular flexibility index (Phi) is 4.62. The lowest BCUT2D eigenvalue weighted by atomic mass is 9.95. The van der Waals surface area contributed by atoms with Gasteiger partial charge in [-0.2, -0.15) is 0 Å². The molecular weight excluding hydrogens is 224 g/mol. The molecule has 2 aliphatic heterocycles. The van der Waals surface area contributed by atoms with E-state index >= 15 is 0 Å². The average Bonchev–Trinajstić information content (AvgIpc) is 2.37. The van der Waals surface area contributed by atoms with E-state index in [4.69, 9.17) is 0 Å². The molecule has 0 aliphatic carbocycles. The van der Waals surface area contributed by atoms with Crippen molar-refractivity contribution in [3.05, 3.63) is 0 Å². The number of aliphatic imine (C=N–C) groups is 1. The second-order valence-corrected chi connectivity index (χ2v) is 6.53. The van der Waals surface area contributed by atoms with Crippen molar-refractivity contribution in [2.24, 2.45) is 10.4 Å². The van der Waals surface area contributed by atoms with E-state index in [0.717, 1.165) is 25.7 Å². The first-order valence-electron chi connectivity index (χ1n) is 7.29. The van der Waals surface area contributed by atoms with Gasteiger partial charge in [0.05, 0.1) is 13.3 Å². The summed E-state index contributed by atoms with van der Waals surface area (Å²) in [5, 5.41) is 3.45. The van der Waals surface area contributed by atoms with Crippen LogP contribution in [0.15, 0.2) is 4.99 Å². The second-order valence-electron chi connectivity index (χ2n) is 6.53. The molecule has 0 bridgehead atoms. The Balaban J connectivity index is 1.71. The van der Waals surface area contributed by atoms with Crippen LogP contribution in [0.3, 0.4) is 0 Å². The highest BCUT2D eigenvalue weighted by Gasteiger charge is 2.22. The number of piperidine rings is 1. The van der Waals surface area contributed by atoms with Crippen molar-refractivity contribution >= 4 is 5.84 Å². The van der Waals surface area contributed by atoms with Crippen LogP contribution in [-0.4, -0.2) is 55.2 Å². The summed E-state index contributed by atoms with van der Waals surface area (Å²) in [4.78, 5) is 9.64. The van der Waals surface area contributed by atoms with Crippen LogP contribution in [0.1, 0.15) is 40.0 Å². The summed E-state index contributed by atoms with van der Waals surface area (Å²) in [6.45, 7) is 13.3. The van der Waals surface area contributed by atoms with Gasteiger partial charge in [-0.3, -0.25) is 9.89 Å². The molecule has 4 heteroatoms. The Morgan fingerprint density at radius 1 is 1.06 bits per heavy atom. The summed E-state index contributed by atoms with van der Waals surface area (Å²) < 4.78 is 0. The van der Waals surface area contributed by atoms with Crippen LogP contribution >= 0.6 is 0 Å². The maximum absolute atomic E-state index is 4.66. The zero-order valence-electron chi connectivity index (χ0n) is 12.2. The largest absolute Gasteiger partial charge is 0.361 e. The molecule has 2 heterocycles. The lowest BCUT2D eigenvalue weighted by molar-refractivity contribution is 0.176. The van der Waals surface area contributed by atoms with E-state index < -0.39 is 0 Å². The highest BCUT2D eigenvalue weighted by molar-refractivity contribution is 5.87. The molecule has 104 valence electrons. The van der Waals surface area contributed by atoms with Gasteiger partial charge in [0.2, 0.25) is 0 Å². The van der Waals surface area contributed by atoms with Crippen molar-refractivity contribution in [3.63, 3.8) is 0 Å². The zero-order chi connectivity index (χ0) is 13.0. The Bertz CT molecular complexity index is 287. The van der Waals surface area contributed by atoms with E-state index in [1.807, 2.05) is 0 Å². The number of amidine groups is 1. The number of nitrogens with one attached hydrogen (secondary N) is 1. The quantitative estimate of drug-likeness (QED) is 0.830. The highest BCUT2D eigenvalue weighted by atomic mass is 15.3. The van der Waals surface area contributed by atoms with Crippen LogP contribution in [0, 0.1) is 5.41 Å². The molecule has 1 N–H and O–H groups in total. The average molecular weight is 252 g/mol. The third-order valence-corrected chi connectivity index (χ3v) is 3.79. The van der Waals surface area contributed by atoms with E-state index in [9.17, 15) is 0 Å². The second kappa shape index (κ2) is 6.02. The van der Waals surface area contributed by atoms with Crippen molar-refractivity contribution in [2.45, 2.75) is 40.0 Å². The standard InChI is InChI=1S/C14H28N4/c1-14(2,3)13-15-11-18(12-16-13)10-9-17-7-5-4-6-8-17/h4-12H2,1-3H3,(H,15,16). The predicted molar refractivity (Wildman–Crippen MR) is 76.8 cm³/mol. The number of rotatable bonds is 3. The Labute approximate surface area is 111 Å². The van der Waals surface area contributed by atoms with Gasteiger partial charge >= 0.3 is 0 Å². The fraction of sp³-hybridized carbons (Fsp3) is 0.929. The first kappa shape index (κ1) is 13.8. The third-order valence-electron chi connectivity index (χ3n) is 3.79. The molecule has 18 heavy (non-hydrogen) atoms. The molecule has 0 atom stereocenters. The van der Waals surface area contributed by atoms with E-state index in [2.05, 4.69) is 40.9 Å². The van der Waals surface area contributed by atoms with Gasteiger partial charge < -0.3 is 10.2 Å². The number of hydrogen-bond donors (Lipinski definition) is 1. The van der Waals surface area contributed by atoms with Gasteiger partial charge in [0.15, 0.2) is 0 Å². The van der Waals surface area contributed by atoms with E-state index in [-0.39, 0.29) is 5.41 Å². The maximum Gasteiger partial charge on any atom is 0.104 e. The SMILES string of the molecule is CC(C)(C)C1=NCN(CCN2CCCCC2)CN1. The number of hydrogen-bond acceptors (Lipinski definition) is 4. The lowest BCUT2D eigenvalue weighted by Gasteiger charge is -2.34. The molecule has 0 aromatic rings. The van der Waals surface area contributed by atoms with Crippen molar-refractivity contribution in [3.8, 4) is 0 Å². The van der Waals surface area contributed by atoms with E-state index in [1.54, 1.807) is 0 Å².